The van der Waals surface area contributed by atoms with Crippen molar-refractivity contribution in [3.8, 4) is 5.75 Å². The molecule has 134 valence electrons. The molecule has 1 amide bonds. The van der Waals surface area contributed by atoms with E-state index in [1.165, 1.54) is 6.07 Å². The molecule has 2 rings (SSSR count). The van der Waals surface area contributed by atoms with Gasteiger partial charge in [0.2, 0.25) is 10.0 Å². The van der Waals surface area contributed by atoms with Crippen molar-refractivity contribution in [2.75, 3.05) is 25.1 Å². The zero-order chi connectivity index (χ0) is 18.6. The van der Waals surface area contributed by atoms with Gasteiger partial charge in [-0.3, -0.25) is 9.52 Å². The maximum Gasteiger partial charge on any atom is 0.254 e. The van der Waals surface area contributed by atoms with Crippen molar-refractivity contribution >= 4 is 21.6 Å². The molecular formula is C18H22N2O4S. The fraction of sp³-hybridized carbons (Fsp3) is 0.278. The minimum Gasteiger partial charge on any atom is -0.496 e. The first-order valence-corrected chi connectivity index (χ1v) is 9.60. The summed E-state index contributed by atoms with van der Waals surface area (Å²) in [7, 11) is -0.104. The van der Waals surface area contributed by atoms with Crippen LogP contribution in [-0.4, -0.2) is 39.6 Å². The van der Waals surface area contributed by atoms with Gasteiger partial charge in [-0.05, 0) is 31.2 Å². The lowest BCUT2D eigenvalue weighted by Crippen LogP contribution is -2.30. The minimum atomic E-state index is -3.40. The third-order valence-corrected chi connectivity index (χ3v) is 4.51. The SMILES string of the molecule is COc1ccccc1[C@@H](C)N(C)C(=O)c1cccc(NS(C)(=O)=O)c1. The number of carbonyl (C=O) groups is 1. The molecule has 0 unspecified atom stereocenters. The molecule has 0 bridgehead atoms. The molecule has 0 heterocycles. The smallest absolute Gasteiger partial charge is 0.254 e. The normalized spacial score (nSPS) is 12.3. The molecule has 0 aromatic heterocycles. The van der Waals surface area contributed by atoms with Gasteiger partial charge in [-0.25, -0.2) is 8.42 Å². The summed E-state index contributed by atoms with van der Waals surface area (Å²) in [5.41, 5.74) is 1.65. The molecule has 7 heteroatoms. The maximum atomic E-state index is 12.8. The van der Waals surface area contributed by atoms with Gasteiger partial charge in [0.15, 0.2) is 0 Å². The van der Waals surface area contributed by atoms with Crippen LogP contribution < -0.4 is 9.46 Å². The molecule has 2 aromatic rings. The van der Waals surface area contributed by atoms with Crippen molar-refractivity contribution in [2.45, 2.75) is 13.0 Å². The van der Waals surface area contributed by atoms with Crippen molar-refractivity contribution < 1.29 is 17.9 Å². The molecule has 0 fully saturated rings. The van der Waals surface area contributed by atoms with E-state index in [1.807, 2.05) is 31.2 Å². The van der Waals surface area contributed by atoms with Crippen molar-refractivity contribution in [3.05, 3.63) is 59.7 Å². The van der Waals surface area contributed by atoms with Crippen LogP contribution in [0.3, 0.4) is 0 Å². The average Bonchev–Trinajstić information content (AvgIpc) is 2.58. The van der Waals surface area contributed by atoms with Crippen molar-refractivity contribution in [1.29, 1.82) is 0 Å². The summed E-state index contributed by atoms with van der Waals surface area (Å²) < 4.78 is 30.5. The average molecular weight is 362 g/mol. The Hall–Kier alpha value is -2.54. The molecule has 0 saturated carbocycles. The Morgan fingerprint density at radius 3 is 2.48 bits per heavy atom. The van der Waals surface area contributed by atoms with Gasteiger partial charge < -0.3 is 9.64 Å². The summed E-state index contributed by atoms with van der Waals surface area (Å²) in [5.74, 6) is 0.498. The molecule has 0 saturated heterocycles. The zero-order valence-electron chi connectivity index (χ0n) is 14.7. The maximum absolute atomic E-state index is 12.8. The Bertz CT molecular complexity index is 865. The summed E-state index contributed by atoms with van der Waals surface area (Å²) in [6, 6.07) is 13.7. The van der Waals surface area contributed by atoms with Crippen LogP contribution in [0.4, 0.5) is 5.69 Å². The standard InChI is InChI=1S/C18H22N2O4S/c1-13(16-10-5-6-11-17(16)24-3)20(2)18(21)14-8-7-9-15(12-14)19-25(4,22)23/h5-13,19H,1-4H3/t13-/m1/s1. The minimum absolute atomic E-state index is 0.212. The van der Waals surface area contributed by atoms with Gasteiger partial charge in [-0.2, -0.15) is 0 Å². The molecule has 0 radical (unpaired) electrons. The lowest BCUT2D eigenvalue weighted by atomic mass is 10.0. The third kappa shape index (κ3) is 4.73. The van der Waals surface area contributed by atoms with Crippen LogP contribution in [0.1, 0.15) is 28.9 Å². The number of rotatable bonds is 6. The Balaban J connectivity index is 2.26. The molecule has 0 aliphatic carbocycles. The Morgan fingerprint density at radius 2 is 1.84 bits per heavy atom. The molecule has 0 spiro atoms. The number of anilines is 1. The number of hydrogen-bond acceptors (Lipinski definition) is 4. The van der Waals surface area contributed by atoms with Gasteiger partial charge in [-0.1, -0.05) is 24.3 Å². The van der Waals surface area contributed by atoms with Gasteiger partial charge in [0.1, 0.15) is 5.75 Å². The zero-order valence-corrected chi connectivity index (χ0v) is 15.5. The van der Waals surface area contributed by atoms with Gasteiger partial charge in [0, 0.05) is 23.9 Å². The number of methoxy groups -OCH3 is 1. The summed E-state index contributed by atoms with van der Waals surface area (Å²) in [6.45, 7) is 1.91. The van der Waals surface area contributed by atoms with Crippen molar-refractivity contribution in [3.63, 3.8) is 0 Å². The number of hydrogen-bond donors (Lipinski definition) is 1. The second kappa shape index (κ2) is 7.57. The summed E-state index contributed by atoms with van der Waals surface area (Å²) in [4.78, 5) is 14.4. The van der Waals surface area contributed by atoms with E-state index >= 15 is 0 Å². The van der Waals surface area contributed by atoms with E-state index in [2.05, 4.69) is 4.72 Å². The van der Waals surface area contributed by atoms with E-state index in [-0.39, 0.29) is 11.9 Å². The number of amides is 1. The third-order valence-electron chi connectivity index (χ3n) is 3.90. The summed E-state index contributed by atoms with van der Waals surface area (Å²) in [6.07, 6.45) is 1.07. The predicted molar refractivity (Wildman–Crippen MR) is 98.4 cm³/mol. The van der Waals surface area contributed by atoms with Gasteiger partial charge in [0.05, 0.1) is 19.4 Å². The molecule has 1 N–H and O–H groups in total. The number of ether oxygens (including phenoxy) is 1. The molecular weight excluding hydrogens is 340 g/mol. The number of nitrogens with one attached hydrogen (secondary N) is 1. The topological polar surface area (TPSA) is 75.7 Å². The number of sulfonamides is 1. The monoisotopic (exact) mass is 362 g/mol. The van der Waals surface area contributed by atoms with E-state index in [0.29, 0.717) is 17.0 Å². The first-order valence-electron chi connectivity index (χ1n) is 7.71. The molecule has 2 aromatic carbocycles. The quantitative estimate of drug-likeness (QED) is 0.857. The van der Waals surface area contributed by atoms with Crippen LogP contribution in [0.25, 0.3) is 0 Å². The summed E-state index contributed by atoms with van der Waals surface area (Å²) >= 11 is 0. The van der Waals surface area contributed by atoms with E-state index in [1.54, 1.807) is 37.3 Å². The van der Waals surface area contributed by atoms with Gasteiger partial charge >= 0.3 is 0 Å². The number of nitrogens with zero attached hydrogens (tertiary/aromatic N) is 1. The number of benzene rings is 2. The number of para-hydroxylation sites is 1. The number of carbonyl (C=O) groups excluding carboxylic acids is 1. The molecule has 0 aliphatic heterocycles. The highest BCUT2D eigenvalue weighted by Gasteiger charge is 2.21. The Labute approximate surface area is 148 Å². The first kappa shape index (κ1) is 18.8. The van der Waals surface area contributed by atoms with E-state index < -0.39 is 10.0 Å². The molecule has 6 nitrogen and oxygen atoms in total. The van der Waals surface area contributed by atoms with Crippen LogP contribution in [-0.2, 0) is 10.0 Å². The van der Waals surface area contributed by atoms with Crippen LogP contribution in [0.15, 0.2) is 48.5 Å². The van der Waals surface area contributed by atoms with Crippen LogP contribution in [0.2, 0.25) is 0 Å². The molecule has 1 atom stereocenters. The largest absolute Gasteiger partial charge is 0.496 e. The highest BCUT2D eigenvalue weighted by molar-refractivity contribution is 7.92. The molecule has 25 heavy (non-hydrogen) atoms. The molecule has 0 aliphatic rings. The van der Waals surface area contributed by atoms with E-state index in [0.717, 1.165) is 11.8 Å². The van der Waals surface area contributed by atoms with Crippen molar-refractivity contribution in [2.24, 2.45) is 0 Å². The highest BCUT2D eigenvalue weighted by Crippen LogP contribution is 2.29. The lowest BCUT2D eigenvalue weighted by Gasteiger charge is -2.26. The van der Waals surface area contributed by atoms with Crippen LogP contribution in [0, 0.1) is 0 Å². The second-order valence-electron chi connectivity index (χ2n) is 5.79. The fourth-order valence-corrected chi connectivity index (χ4v) is 3.08. The van der Waals surface area contributed by atoms with Gasteiger partial charge in [-0.15, -0.1) is 0 Å². The van der Waals surface area contributed by atoms with Crippen molar-refractivity contribution in [1.82, 2.24) is 4.90 Å². The first-order chi connectivity index (χ1) is 11.7. The fourth-order valence-electron chi connectivity index (χ4n) is 2.53. The summed E-state index contributed by atoms with van der Waals surface area (Å²) in [5, 5.41) is 0. The van der Waals surface area contributed by atoms with E-state index in [9.17, 15) is 13.2 Å². The van der Waals surface area contributed by atoms with E-state index in [4.69, 9.17) is 4.74 Å². The lowest BCUT2D eigenvalue weighted by molar-refractivity contribution is 0.0741. The van der Waals surface area contributed by atoms with Crippen LogP contribution in [0.5, 0.6) is 5.75 Å². The Morgan fingerprint density at radius 1 is 1.16 bits per heavy atom. The van der Waals surface area contributed by atoms with Gasteiger partial charge in [0.25, 0.3) is 5.91 Å². The van der Waals surface area contributed by atoms with Crippen LogP contribution >= 0.6 is 0 Å². The highest BCUT2D eigenvalue weighted by atomic mass is 32.2. The predicted octanol–water partition coefficient (Wildman–Crippen LogP) is 2.90. The Kier molecular flexibility index (Phi) is 5.69. The second-order valence-corrected chi connectivity index (χ2v) is 7.54.